The molecule has 2 saturated heterocycles. The summed E-state index contributed by atoms with van der Waals surface area (Å²) in [6.45, 7) is 1.79. The number of nitrogens with zero attached hydrogens (tertiary/aromatic N) is 2. The molecule has 30 heavy (non-hydrogen) atoms. The van der Waals surface area contributed by atoms with E-state index in [9.17, 15) is 21.6 Å². The fraction of sp³-hybridized carbons (Fsp3) is 0.611. The lowest BCUT2D eigenvalue weighted by atomic mass is 10.2. The second kappa shape index (κ2) is 9.60. The second-order valence-electron chi connectivity index (χ2n) is 7.22. The molecular weight excluding hydrogens is 434 g/mol. The fourth-order valence-corrected chi connectivity index (χ4v) is 5.60. The molecule has 0 spiro atoms. The monoisotopic (exact) mass is 461 g/mol. The maximum atomic E-state index is 12.7. The molecule has 3 rings (SSSR count). The summed E-state index contributed by atoms with van der Waals surface area (Å²) < 4.78 is 62.8. The van der Waals surface area contributed by atoms with Gasteiger partial charge in [0.1, 0.15) is 6.54 Å². The molecule has 1 amide bonds. The van der Waals surface area contributed by atoms with Crippen LogP contribution in [0.3, 0.4) is 0 Å². The van der Waals surface area contributed by atoms with Crippen LogP contribution in [0.2, 0.25) is 0 Å². The van der Waals surface area contributed by atoms with Crippen LogP contribution in [0.4, 0.5) is 5.69 Å². The first kappa shape index (κ1) is 22.9. The van der Waals surface area contributed by atoms with Gasteiger partial charge < -0.3 is 14.8 Å². The van der Waals surface area contributed by atoms with Gasteiger partial charge in [-0.15, -0.1) is 0 Å². The predicted molar refractivity (Wildman–Crippen MR) is 110 cm³/mol. The molecule has 0 aliphatic carbocycles. The average molecular weight is 462 g/mol. The van der Waals surface area contributed by atoms with Crippen molar-refractivity contribution in [2.24, 2.45) is 0 Å². The Bertz CT molecular complexity index is 936. The van der Waals surface area contributed by atoms with E-state index in [1.165, 1.54) is 28.6 Å². The van der Waals surface area contributed by atoms with Crippen LogP contribution in [0.1, 0.15) is 12.8 Å². The summed E-state index contributed by atoms with van der Waals surface area (Å²) >= 11 is 0. The zero-order valence-corrected chi connectivity index (χ0v) is 18.5. The summed E-state index contributed by atoms with van der Waals surface area (Å²) in [6.07, 6.45) is 2.74. The zero-order chi connectivity index (χ0) is 21.8. The van der Waals surface area contributed by atoms with Gasteiger partial charge in [-0.2, -0.15) is 4.31 Å². The van der Waals surface area contributed by atoms with E-state index in [0.29, 0.717) is 26.4 Å². The summed E-state index contributed by atoms with van der Waals surface area (Å²) in [5.74, 6) is -0.457. The second-order valence-corrected chi connectivity index (χ2v) is 11.1. The van der Waals surface area contributed by atoms with Crippen molar-refractivity contribution in [3.05, 3.63) is 24.3 Å². The van der Waals surface area contributed by atoms with E-state index >= 15 is 0 Å². The fourth-order valence-electron chi connectivity index (χ4n) is 3.34. The van der Waals surface area contributed by atoms with Gasteiger partial charge in [0, 0.05) is 26.2 Å². The Morgan fingerprint density at radius 2 is 1.80 bits per heavy atom. The minimum atomic E-state index is -3.75. The van der Waals surface area contributed by atoms with Gasteiger partial charge in [-0.1, -0.05) is 0 Å². The summed E-state index contributed by atoms with van der Waals surface area (Å²) in [6, 6.07) is 5.48. The molecule has 168 valence electrons. The van der Waals surface area contributed by atoms with Crippen LogP contribution in [0, 0.1) is 0 Å². The third-order valence-corrected chi connectivity index (χ3v) is 8.02. The molecule has 2 aliphatic rings. The summed E-state index contributed by atoms with van der Waals surface area (Å²) in [4.78, 5) is 12.3. The Morgan fingerprint density at radius 1 is 1.13 bits per heavy atom. The first-order chi connectivity index (χ1) is 14.2. The normalized spacial score (nSPS) is 20.8. The molecule has 1 unspecified atom stereocenters. The van der Waals surface area contributed by atoms with Gasteiger partial charge in [0.05, 0.1) is 36.2 Å². The number of amides is 1. The number of rotatable bonds is 8. The van der Waals surface area contributed by atoms with E-state index in [1.54, 1.807) is 0 Å². The third-order valence-electron chi connectivity index (χ3n) is 4.97. The van der Waals surface area contributed by atoms with E-state index in [0.717, 1.165) is 23.4 Å². The maximum Gasteiger partial charge on any atom is 0.243 e. The van der Waals surface area contributed by atoms with Gasteiger partial charge in [0.2, 0.25) is 26.0 Å². The Balaban J connectivity index is 1.70. The van der Waals surface area contributed by atoms with Crippen molar-refractivity contribution in [2.75, 3.05) is 56.6 Å². The third kappa shape index (κ3) is 5.70. The topological polar surface area (TPSA) is 122 Å². The standard InChI is InChI=1S/C18H27N3O7S2/c1-29(23,24)21(14-18(22)19-13-16-3-2-10-28-16)15-4-6-17(7-5-15)30(25,26)20-8-11-27-12-9-20/h4-7,16H,2-3,8-14H2,1H3,(H,19,22). The van der Waals surface area contributed by atoms with E-state index < -0.39 is 32.5 Å². The Hall–Kier alpha value is -1.73. The van der Waals surface area contributed by atoms with Crippen molar-refractivity contribution >= 4 is 31.6 Å². The van der Waals surface area contributed by atoms with Crippen LogP contribution >= 0.6 is 0 Å². The number of sulfonamides is 2. The van der Waals surface area contributed by atoms with Crippen LogP contribution < -0.4 is 9.62 Å². The molecule has 1 aromatic carbocycles. The zero-order valence-electron chi connectivity index (χ0n) is 16.8. The number of nitrogens with one attached hydrogen (secondary N) is 1. The van der Waals surface area contributed by atoms with Crippen molar-refractivity contribution < 1.29 is 31.1 Å². The number of hydrogen-bond donors (Lipinski definition) is 1. The largest absolute Gasteiger partial charge is 0.379 e. The minimum absolute atomic E-state index is 0.0506. The lowest BCUT2D eigenvalue weighted by Gasteiger charge is -2.26. The molecule has 0 saturated carbocycles. The SMILES string of the molecule is CS(=O)(=O)N(CC(=O)NCC1CCCO1)c1ccc(S(=O)(=O)N2CCOCC2)cc1. The minimum Gasteiger partial charge on any atom is -0.379 e. The van der Waals surface area contributed by atoms with E-state index in [-0.39, 0.29) is 29.8 Å². The Labute approximate surface area is 177 Å². The quantitative estimate of drug-likeness (QED) is 0.567. The Kier molecular flexibility index (Phi) is 7.34. The van der Waals surface area contributed by atoms with Crippen molar-refractivity contribution in [3.63, 3.8) is 0 Å². The van der Waals surface area contributed by atoms with Crippen LogP contribution in [0.25, 0.3) is 0 Å². The molecule has 1 atom stereocenters. The number of carbonyl (C=O) groups is 1. The number of hydrogen-bond acceptors (Lipinski definition) is 7. The number of carbonyl (C=O) groups excluding carboxylic acids is 1. The molecule has 0 radical (unpaired) electrons. The highest BCUT2D eigenvalue weighted by molar-refractivity contribution is 7.92. The predicted octanol–water partition coefficient (Wildman–Crippen LogP) is -0.231. The lowest BCUT2D eigenvalue weighted by molar-refractivity contribution is -0.120. The van der Waals surface area contributed by atoms with Gasteiger partial charge in [-0.3, -0.25) is 9.10 Å². The summed E-state index contributed by atoms with van der Waals surface area (Å²) in [5, 5.41) is 2.69. The first-order valence-corrected chi connectivity index (χ1v) is 13.0. The molecule has 1 aromatic rings. The first-order valence-electron chi connectivity index (χ1n) is 9.72. The number of morpholine rings is 1. The number of ether oxygens (including phenoxy) is 2. The van der Waals surface area contributed by atoms with Gasteiger partial charge in [0.15, 0.2) is 0 Å². The van der Waals surface area contributed by atoms with Crippen molar-refractivity contribution in [1.29, 1.82) is 0 Å². The number of anilines is 1. The average Bonchev–Trinajstić information content (AvgIpc) is 3.24. The van der Waals surface area contributed by atoms with Crippen LogP contribution in [0.5, 0.6) is 0 Å². The highest BCUT2D eigenvalue weighted by Crippen LogP contribution is 2.23. The highest BCUT2D eigenvalue weighted by atomic mass is 32.2. The highest BCUT2D eigenvalue weighted by Gasteiger charge is 2.27. The van der Waals surface area contributed by atoms with Crippen LogP contribution in [-0.4, -0.2) is 85.4 Å². The van der Waals surface area contributed by atoms with E-state index in [2.05, 4.69) is 5.32 Å². The molecule has 2 heterocycles. The Morgan fingerprint density at radius 3 is 2.37 bits per heavy atom. The van der Waals surface area contributed by atoms with Gasteiger partial charge in [0.25, 0.3) is 0 Å². The molecule has 0 bridgehead atoms. The molecular formula is C18H27N3O7S2. The van der Waals surface area contributed by atoms with Crippen molar-refractivity contribution in [1.82, 2.24) is 9.62 Å². The lowest BCUT2D eigenvalue weighted by Crippen LogP contribution is -2.42. The van der Waals surface area contributed by atoms with Crippen molar-refractivity contribution in [3.8, 4) is 0 Å². The van der Waals surface area contributed by atoms with E-state index in [1.807, 2.05) is 0 Å². The van der Waals surface area contributed by atoms with Gasteiger partial charge >= 0.3 is 0 Å². The van der Waals surface area contributed by atoms with E-state index in [4.69, 9.17) is 9.47 Å². The smallest absolute Gasteiger partial charge is 0.243 e. The molecule has 0 aromatic heterocycles. The van der Waals surface area contributed by atoms with Crippen molar-refractivity contribution in [2.45, 2.75) is 23.8 Å². The van der Waals surface area contributed by atoms with Gasteiger partial charge in [-0.25, -0.2) is 16.8 Å². The molecule has 2 fully saturated rings. The maximum absolute atomic E-state index is 12.7. The van der Waals surface area contributed by atoms with Crippen LogP contribution in [0.15, 0.2) is 29.2 Å². The molecule has 1 N–H and O–H groups in total. The summed E-state index contributed by atoms with van der Waals surface area (Å²) in [7, 11) is -7.44. The number of benzene rings is 1. The molecule has 12 heteroatoms. The van der Waals surface area contributed by atoms with Gasteiger partial charge in [-0.05, 0) is 37.1 Å². The van der Waals surface area contributed by atoms with Crippen LogP contribution in [-0.2, 0) is 34.3 Å². The summed E-state index contributed by atoms with van der Waals surface area (Å²) in [5.41, 5.74) is 0.214. The molecule has 2 aliphatic heterocycles. The molecule has 10 nitrogen and oxygen atoms in total.